The van der Waals surface area contributed by atoms with Gasteiger partial charge in [-0.1, -0.05) is 18.2 Å². The van der Waals surface area contributed by atoms with Crippen LogP contribution < -0.4 is 5.32 Å². The third-order valence-corrected chi connectivity index (χ3v) is 1.81. The Morgan fingerprint density at radius 1 is 1.44 bits per heavy atom. The van der Waals surface area contributed by atoms with Gasteiger partial charge in [-0.3, -0.25) is 0 Å². The molecular weight excluding hydrogens is 110 g/mol. The van der Waals surface area contributed by atoms with E-state index in [1.165, 1.54) is 16.8 Å². The molecule has 0 unspecified atom stereocenters. The summed E-state index contributed by atoms with van der Waals surface area (Å²) in [4.78, 5) is 0. The number of hydrogen-bond acceptors (Lipinski definition) is 1. The number of hydrogen-bond donors (Lipinski definition) is 1. The van der Waals surface area contributed by atoms with E-state index < -0.39 is 0 Å². The second-order valence-electron chi connectivity index (χ2n) is 2.46. The normalized spacial score (nSPS) is 13.4. The van der Waals surface area contributed by atoms with Crippen molar-refractivity contribution >= 4 is 5.69 Å². The molecule has 0 amide bonds. The topological polar surface area (TPSA) is 12.0 Å². The fraction of sp³-hybridized carbons (Fsp3) is 0.250. The van der Waals surface area contributed by atoms with Crippen LogP contribution >= 0.6 is 0 Å². The Morgan fingerprint density at radius 3 is 2.78 bits per heavy atom. The Balaban J connectivity index is 2.64. The molecule has 0 aromatic heterocycles. The second-order valence-corrected chi connectivity index (χ2v) is 2.46. The molecule has 1 heterocycles. The summed E-state index contributed by atoms with van der Waals surface area (Å²) in [6.07, 6.45) is 0. The summed E-state index contributed by atoms with van der Waals surface area (Å²) in [6.45, 7) is 3.18. The van der Waals surface area contributed by atoms with Crippen molar-refractivity contribution in [3.05, 3.63) is 29.3 Å². The molecule has 9 heavy (non-hydrogen) atoms. The van der Waals surface area contributed by atoms with Crippen molar-refractivity contribution in [3.8, 4) is 0 Å². The van der Waals surface area contributed by atoms with Crippen LogP contribution in [0.15, 0.2) is 18.2 Å². The maximum absolute atomic E-state index is 3.26. The summed E-state index contributed by atoms with van der Waals surface area (Å²) in [6, 6.07) is 6.40. The van der Waals surface area contributed by atoms with E-state index in [1.54, 1.807) is 0 Å². The third kappa shape index (κ3) is 0.545. The van der Waals surface area contributed by atoms with Crippen molar-refractivity contribution < 1.29 is 0 Å². The van der Waals surface area contributed by atoms with E-state index in [0.29, 0.717) is 0 Å². The van der Waals surface area contributed by atoms with Gasteiger partial charge in [0.05, 0.1) is 0 Å². The molecule has 1 heteroatoms. The van der Waals surface area contributed by atoms with Gasteiger partial charge in [-0.2, -0.15) is 0 Å². The van der Waals surface area contributed by atoms with Crippen LogP contribution in [0.25, 0.3) is 0 Å². The minimum absolute atomic E-state index is 1.05. The number of para-hydroxylation sites is 1. The van der Waals surface area contributed by atoms with Gasteiger partial charge in [0.2, 0.25) is 0 Å². The van der Waals surface area contributed by atoms with Gasteiger partial charge in [-0.15, -0.1) is 0 Å². The number of aryl methyl sites for hydroxylation is 1. The number of nitrogens with one attached hydrogen (secondary N) is 1. The summed E-state index contributed by atoms with van der Waals surface area (Å²) >= 11 is 0. The van der Waals surface area contributed by atoms with Crippen LogP contribution in [0.1, 0.15) is 11.1 Å². The lowest BCUT2D eigenvalue weighted by molar-refractivity contribution is 1.04. The Hall–Kier alpha value is -0.980. The first-order chi connectivity index (χ1) is 4.38. The highest BCUT2D eigenvalue weighted by Gasteiger charge is 2.11. The number of rotatable bonds is 0. The standard InChI is InChI=1S/C8H9N/c1-6-3-2-4-7-5-9-8(6)7/h2-4,9H,5H2,1H3. The molecule has 1 N–H and O–H groups in total. The molecule has 0 saturated carbocycles. The van der Waals surface area contributed by atoms with Crippen LogP contribution in [0.5, 0.6) is 0 Å². The number of fused-ring (bicyclic) bond motifs is 1. The molecule has 1 aromatic carbocycles. The van der Waals surface area contributed by atoms with E-state index in [-0.39, 0.29) is 0 Å². The zero-order valence-corrected chi connectivity index (χ0v) is 5.44. The smallest absolute Gasteiger partial charge is 0.0423 e. The first-order valence-electron chi connectivity index (χ1n) is 3.20. The van der Waals surface area contributed by atoms with Crippen molar-refractivity contribution in [3.63, 3.8) is 0 Å². The lowest BCUT2D eigenvalue weighted by atomic mass is 10.0. The molecule has 0 radical (unpaired) electrons. The van der Waals surface area contributed by atoms with Crippen LogP contribution in [0.4, 0.5) is 5.69 Å². The highest BCUT2D eigenvalue weighted by Crippen LogP contribution is 2.28. The SMILES string of the molecule is Cc1cccc2c1NC2. The molecule has 0 bridgehead atoms. The minimum Gasteiger partial charge on any atom is -0.380 e. The zero-order valence-electron chi connectivity index (χ0n) is 5.44. The van der Waals surface area contributed by atoms with Crippen molar-refractivity contribution in [2.75, 3.05) is 5.32 Å². The van der Waals surface area contributed by atoms with E-state index in [2.05, 4.69) is 30.4 Å². The Bertz CT molecular complexity index is 226. The van der Waals surface area contributed by atoms with Gasteiger partial charge in [0, 0.05) is 12.2 Å². The molecule has 1 nitrogen and oxygen atoms in total. The van der Waals surface area contributed by atoms with Crippen LogP contribution in [0.3, 0.4) is 0 Å². The second kappa shape index (κ2) is 1.50. The predicted octanol–water partition coefficient (Wildman–Crippen LogP) is 1.92. The average molecular weight is 119 g/mol. The Morgan fingerprint density at radius 2 is 2.33 bits per heavy atom. The first kappa shape index (κ1) is 4.86. The lowest BCUT2D eigenvalue weighted by Crippen LogP contribution is -2.14. The highest BCUT2D eigenvalue weighted by atomic mass is 14.9. The van der Waals surface area contributed by atoms with Crippen molar-refractivity contribution in [2.24, 2.45) is 0 Å². The maximum Gasteiger partial charge on any atom is 0.0423 e. The van der Waals surface area contributed by atoms with Gasteiger partial charge in [0.25, 0.3) is 0 Å². The van der Waals surface area contributed by atoms with Crippen LogP contribution in [-0.2, 0) is 6.54 Å². The van der Waals surface area contributed by atoms with Crippen molar-refractivity contribution in [1.29, 1.82) is 0 Å². The van der Waals surface area contributed by atoms with E-state index in [1.807, 2.05) is 0 Å². The Labute approximate surface area is 54.7 Å². The molecule has 0 fully saturated rings. The molecule has 0 aliphatic carbocycles. The molecule has 1 aromatic rings. The molecule has 0 saturated heterocycles. The molecule has 1 aliphatic rings. The van der Waals surface area contributed by atoms with E-state index in [0.717, 1.165) is 6.54 Å². The maximum atomic E-state index is 3.26. The third-order valence-electron chi connectivity index (χ3n) is 1.81. The predicted molar refractivity (Wildman–Crippen MR) is 38.5 cm³/mol. The lowest BCUT2D eigenvalue weighted by Gasteiger charge is -2.22. The molecule has 0 atom stereocenters. The van der Waals surface area contributed by atoms with E-state index in [4.69, 9.17) is 0 Å². The van der Waals surface area contributed by atoms with Gasteiger partial charge >= 0.3 is 0 Å². The summed E-state index contributed by atoms with van der Waals surface area (Å²) in [5.41, 5.74) is 4.16. The first-order valence-corrected chi connectivity index (χ1v) is 3.20. The van der Waals surface area contributed by atoms with E-state index in [9.17, 15) is 0 Å². The van der Waals surface area contributed by atoms with Gasteiger partial charge < -0.3 is 5.32 Å². The summed E-state index contributed by atoms with van der Waals surface area (Å²) in [5, 5.41) is 3.26. The average Bonchev–Trinajstić information content (AvgIpc) is 1.74. The van der Waals surface area contributed by atoms with E-state index >= 15 is 0 Å². The molecule has 46 valence electrons. The molecule has 1 aliphatic heterocycles. The highest BCUT2D eigenvalue weighted by molar-refractivity contribution is 5.64. The van der Waals surface area contributed by atoms with Gasteiger partial charge in [-0.25, -0.2) is 0 Å². The van der Waals surface area contributed by atoms with Crippen LogP contribution in [0.2, 0.25) is 0 Å². The van der Waals surface area contributed by atoms with Gasteiger partial charge in [0.1, 0.15) is 0 Å². The molecule has 0 spiro atoms. The largest absolute Gasteiger partial charge is 0.380 e. The summed E-state index contributed by atoms with van der Waals surface area (Å²) in [5.74, 6) is 0. The Kier molecular flexibility index (Phi) is 0.810. The van der Waals surface area contributed by atoms with Gasteiger partial charge in [0.15, 0.2) is 0 Å². The number of benzene rings is 1. The fourth-order valence-corrected chi connectivity index (χ4v) is 1.21. The van der Waals surface area contributed by atoms with Crippen LogP contribution in [0, 0.1) is 6.92 Å². The number of anilines is 1. The van der Waals surface area contributed by atoms with Crippen molar-refractivity contribution in [2.45, 2.75) is 13.5 Å². The summed E-state index contributed by atoms with van der Waals surface area (Å²) in [7, 11) is 0. The molecular formula is C8H9N. The summed E-state index contributed by atoms with van der Waals surface area (Å²) < 4.78 is 0. The molecule has 2 rings (SSSR count). The monoisotopic (exact) mass is 119 g/mol. The van der Waals surface area contributed by atoms with Crippen molar-refractivity contribution in [1.82, 2.24) is 0 Å². The zero-order chi connectivity index (χ0) is 6.27. The quantitative estimate of drug-likeness (QED) is 0.550. The van der Waals surface area contributed by atoms with Gasteiger partial charge in [-0.05, 0) is 18.1 Å². The van der Waals surface area contributed by atoms with Crippen LogP contribution in [-0.4, -0.2) is 0 Å². The fourth-order valence-electron chi connectivity index (χ4n) is 1.21. The minimum atomic E-state index is 1.05.